The van der Waals surface area contributed by atoms with Crippen molar-refractivity contribution in [3.05, 3.63) is 71.8 Å². The van der Waals surface area contributed by atoms with Crippen LogP contribution in [0.2, 0.25) is 0 Å². The zero-order valence-corrected chi connectivity index (χ0v) is 11.1. The molecular formula is C16H17N3O. The van der Waals surface area contributed by atoms with Crippen LogP contribution in [-0.2, 0) is 4.79 Å². The first-order valence-electron chi connectivity index (χ1n) is 6.39. The summed E-state index contributed by atoms with van der Waals surface area (Å²) in [5.41, 5.74) is 12.6. The van der Waals surface area contributed by atoms with E-state index >= 15 is 0 Å². The molecule has 0 saturated heterocycles. The summed E-state index contributed by atoms with van der Waals surface area (Å²) in [5, 5.41) is 0. The first-order valence-corrected chi connectivity index (χ1v) is 6.39. The predicted octanol–water partition coefficient (Wildman–Crippen LogP) is 2.01. The topological polar surface area (TPSA) is 81.5 Å². The molecule has 0 aliphatic heterocycles. The smallest absolute Gasteiger partial charge is 0.249 e. The number of carbonyl (C=O) groups is 1. The number of guanidine groups is 1. The molecule has 4 heteroatoms. The summed E-state index contributed by atoms with van der Waals surface area (Å²) in [6.07, 6.45) is 0.242. The Bertz CT molecular complexity index is 550. The lowest BCUT2D eigenvalue weighted by molar-refractivity contribution is -0.118. The Morgan fingerprint density at radius 1 is 0.900 bits per heavy atom. The first kappa shape index (κ1) is 13.8. The molecule has 1 amide bonds. The maximum atomic E-state index is 11.9. The van der Waals surface area contributed by atoms with E-state index in [4.69, 9.17) is 11.5 Å². The summed E-state index contributed by atoms with van der Waals surface area (Å²) in [6.45, 7) is 0. The van der Waals surface area contributed by atoms with Gasteiger partial charge in [0.1, 0.15) is 0 Å². The lowest BCUT2D eigenvalue weighted by Gasteiger charge is -2.16. The van der Waals surface area contributed by atoms with Gasteiger partial charge in [0.25, 0.3) is 0 Å². The number of carbonyl (C=O) groups excluding carboxylic acids is 1. The molecule has 4 nitrogen and oxygen atoms in total. The van der Waals surface area contributed by atoms with Crippen LogP contribution in [0.3, 0.4) is 0 Å². The number of benzene rings is 2. The number of hydrogen-bond donors (Lipinski definition) is 2. The average molecular weight is 267 g/mol. The fourth-order valence-corrected chi connectivity index (χ4v) is 2.16. The van der Waals surface area contributed by atoms with Gasteiger partial charge in [-0.3, -0.25) is 4.79 Å². The van der Waals surface area contributed by atoms with Crippen molar-refractivity contribution in [1.82, 2.24) is 0 Å². The molecule has 0 radical (unpaired) electrons. The van der Waals surface area contributed by atoms with Crippen LogP contribution in [-0.4, -0.2) is 11.9 Å². The van der Waals surface area contributed by atoms with Gasteiger partial charge in [-0.25, -0.2) is 0 Å². The van der Waals surface area contributed by atoms with E-state index in [2.05, 4.69) is 4.99 Å². The maximum Gasteiger partial charge on any atom is 0.249 e. The van der Waals surface area contributed by atoms with Gasteiger partial charge < -0.3 is 11.5 Å². The molecule has 0 aromatic heterocycles. The van der Waals surface area contributed by atoms with Gasteiger partial charge in [0, 0.05) is 12.3 Å². The predicted molar refractivity (Wildman–Crippen MR) is 80.2 cm³/mol. The van der Waals surface area contributed by atoms with Crippen LogP contribution in [0.1, 0.15) is 23.5 Å². The molecule has 102 valence electrons. The Morgan fingerprint density at radius 2 is 1.35 bits per heavy atom. The lowest BCUT2D eigenvalue weighted by Crippen LogP contribution is -2.24. The summed E-state index contributed by atoms with van der Waals surface area (Å²) in [6, 6.07) is 19.7. The van der Waals surface area contributed by atoms with Crippen molar-refractivity contribution in [1.29, 1.82) is 0 Å². The average Bonchev–Trinajstić information content (AvgIpc) is 2.46. The minimum Gasteiger partial charge on any atom is -0.370 e. The van der Waals surface area contributed by atoms with Crippen LogP contribution in [0, 0.1) is 0 Å². The highest BCUT2D eigenvalue weighted by Crippen LogP contribution is 2.28. The molecule has 0 fully saturated rings. The largest absolute Gasteiger partial charge is 0.370 e. The van der Waals surface area contributed by atoms with Crippen LogP contribution in [0.4, 0.5) is 0 Å². The van der Waals surface area contributed by atoms with Gasteiger partial charge in [-0.05, 0) is 11.1 Å². The summed E-state index contributed by atoms with van der Waals surface area (Å²) < 4.78 is 0. The maximum absolute atomic E-state index is 11.9. The lowest BCUT2D eigenvalue weighted by atomic mass is 9.88. The number of aliphatic imine (C=N–C) groups is 1. The van der Waals surface area contributed by atoms with Crippen molar-refractivity contribution in [2.24, 2.45) is 16.5 Å². The molecule has 2 aromatic rings. The second kappa shape index (κ2) is 6.52. The van der Waals surface area contributed by atoms with E-state index in [0.29, 0.717) is 0 Å². The fraction of sp³-hybridized carbons (Fsp3) is 0.125. The summed E-state index contributed by atoms with van der Waals surface area (Å²) >= 11 is 0. The molecule has 2 aromatic carbocycles. The Balaban J connectivity index is 2.31. The SMILES string of the molecule is NC(N)=NC(=O)CC(c1ccccc1)c1ccccc1. The molecule has 0 atom stereocenters. The molecule has 20 heavy (non-hydrogen) atoms. The highest BCUT2D eigenvalue weighted by Gasteiger charge is 2.17. The molecule has 0 aliphatic carbocycles. The van der Waals surface area contributed by atoms with Crippen LogP contribution in [0.5, 0.6) is 0 Å². The van der Waals surface area contributed by atoms with Crippen molar-refractivity contribution in [2.75, 3.05) is 0 Å². The molecule has 0 saturated carbocycles. The first-order chi connectivity index (χ1) is 9.66. The third-order valence-electron chi connectivity index (χ3n) is 3.04. The van der Waals surface area contributed by atoms with Crippen molar-refractivity contribution in [3.63, 3.8) is 0 Å². The van der Waals surface area contributed by atoms with Gasteiger partial charge in [0.2, 0.25) is 5.91 Å². The van der Waals surface area contributed by atoms with Gasteiger partial charge in [-0.15, -0.1) is 0 Å². The number of hydrogen-bond acceptors (Lipinski definition) is 1. The van der Waals surface area contributed by atoms with Crippen molar-refractivity contribution >= 4 is 11.9 Å². The Morgan fingerprint density at radius 3 is 1.75 bits per heavy atom. The molecule has 0 aliphatic rings. The van der Waals surface area contributed by atoms with Gasteiger partial charge in [-0.1, -0.05) is 60.7 Å². The van der Waals surface area contributed by atoms with E-state index in [1.165, 1.54) is 0 Å². The minimum atomic E-state index is -0.317. The zero-order valence-electron chi connectivity index (χ0n) is 11.1. The van der Waals surface area contributed by atoms with Crippen LogP contribution in [0.25, 0.3) is 0 Å². The quantitative estimate of drug-likeness (QED) is 0.656. The van der Waals surface area contributed by atoms with Crippen molar-refractivity contribution in [2.45, 2.75) is 12.3 Å². The third-order valence-corrected chi connectivity index (χ3v) is 3.04. The molecule has 0 bridgehead atoms. The molecule has 0 unspecified atom stereocenters. The molecule has 4 N–H and O–H groups in total. The van der Waals surface area contributed by atoms with E-state index in [-0.39, 0.29) is 24.2 Å². The molecule has 2 rings (SSSR count). The molecule has 0 heterocycles. The third kappa shape index (κ3) is 3.68. The van der Waals surface area contributed by atoms with E-state index in [9.17, 15) is 4.79 Å². The highest BCUT2D eigenvalue weighted by molar-refractivity contribution is 5.91. The number of rotatable bonds is 4. The Hall–Kier alpha value is -2.62. The van der Waals surface area contributed by atoms with Crippen LogP contribution in [0.15, 0.2) is 65.7 Å². The van der Waals surface area contributed by atoms with E-state index < -0.39 is 0 Å². The van der Waals surface area contributed by atoms with Crippen LogP contribution < -0.4 is 11.5 Å². The molecule has 0 spiro atoms. The number of amides is 1. The Labute approximate surface area is 118 Å². The Kier molecular flexibility index (Phi) is 4.50. The standard InChI is InChI=1S/C16H17N3O/c17-16(18)19-15(20)11-14(12-7-3-1-4-8-12)13-9-5-2-6-10-13/h1-10,14H,11H2,(H4,17,18,19,20). The molecular weight excluding hydrogens is 250 g/mol. The summed E-state index contributed by atoms with van der Waals surface area (Å²) in [5.74, 6) is -0.564. The van der Waals surface area contributed by atoms with Gasteiger partial charge in [0.05, 0.1) is 0 Å². The second-order valence-electron chi connectivity index (χ2n) is 4.51. The van der Waals surface area contributed by atoms with E-state index in [0.717, 1.165) is 11.1 Å². The van der Waals surface area contributed by atoms with E-state index in [1.54, 1.807) is 0 Å². The normalized spacial score (nSPS) is 10.2. The fourth-order valence-electron chi connectivity index (χ4n) is 2.16. The summed E-state index contributed by atoms with van der Waals surface area (Å²) in [4.78, 5) is 15.5. The number of nitrogens with zero attached hydrogens (tertiary/aromatic N) is 1. The number of nitrogens with two attached hydrogens (primary N) is 2. The second-order valence-corrected chi connectivity index (χ2v) is 4.51. The van der Waals surface area contributed by atoms with E-state index in [1.807, 2.05) is 60.7 Å². The van der Waals surface area contributed by atoms with Crippen molar-refractivity contribution < 1.29 is 4.79 Å². The zero-order chi connectivity index (χ0) is 14.4. The highest BCUT2D eigenvalue weighted by atomic mass is 16.1. The summed E-state index contributed by atoms with van der Waals surface area (Å²) in [7, 11) is 0. The van der Waals surface area contributed by atoms with Crippen molar-refractivity contribution in [3.8, 4) is 0 Å². The van der Waals surface area contributed by atoms with Gasteiger partial charge in [-0.2, -0.15) is 4.99 Å². The van der Waals surface area contributed by atoms with Gasteiger partial charge in [0.15, 0.2) is 5.96 Å². The monoisotopic (exact) mass is 267 g/mol. The van der Waals surface area contributed by atoms with Gasteiger partial charge >= 0.3 is 0 Å². The minimum absolute atomic E-state index is 0.0481. The van der Waals surface area contributed by atoms with Crippen LogP contribution >= 0.6 is 0 Å².